The Morgan fingerprint density at radius 3 is 1.96 bits per heavy atom. The highest BCUT2D eigenvalue weighted by atomic mass is 19.4. The zero-order chi connectivity index (χ0) is 18.3. The summed E-state index contributed by atoms with van der Waals surface area (Å²) < 4.78 is 51.5. The molecule has 1 atom stereocenters. The van der Waals surface area contributed by atoms with E-state index in [2.05, 4.69) is 0 Å². The van der Waals surface area contributed by atoms with Crippen molar-refractivity contribution in [1.82, 2.24) is 0 Å². The molecule has 1 saturated heterocycles. The molecule has 0 spiro atoms. The molecule has 24 heavy (non-hydrogen) atoms. The normalized spacial score (nSPS) is 20.9. The fourth-order valence-electron chi connectivity index (χ4n) is 2.48. The van der Waals surface area contributed by atoms with Crippen LogP contribution in [0.1, 0.15) is 50.0 Å². The van der Waals surface area contributed by atoms with Crippen LogP contribution in [-0.4, -0.2) is 30.3 Å². The molecule has 1 aromatic rings. The minimum Gasteiger partial charge on any atom is -0.403 e. The van der Waals surface area contributed by atoms with Crippen LogP contribution in [0.5, 0.6) is 0 Å². The molecule has 3 nitrogen and oxygen atoms in total. The summed E-state index contributed by atoms with van der Waals surface area (Å²) in [7, 11) is -1.50. The Morgan fingerprint density at radius 1 is 1.08 bits per heavy atom. The van der Waals surface area contributed by atoms with Crippen molar-refractivity contribution in [3.05, 3.63) is 35.4 Å². The third-order valence-electron chi connectivity index (χ3n) is 4.80. The molecule has 1 fully saturated rings. The van der Waals surface area contributed by atoms with Crippen LogP contribution in [0.2, 0.25) is 5.82 Å². The van der Waals surface area contributed by atoms with Crippen LogP contribution in [0.4, 0.5) is 13.2 Å². The fourth-order valence-corrected chi connectivity index (χ4v) is 2.48. The Hall–Kier alpha value is -1.34. The van der Waals surface area contributed by atoms with E-state index in [9.17, 15) is 18.0 Å². The highest BCUT2D eigenvalue weighted by Crippen LogP contribution is 2.46. The van der Waals surface area contributed by atoms with E-state index in [0.717, 1.165) is 5.56 Å². The third-order valence-corrected chi connectivity index (χ3v) is 4.80. The van der Waals surface area contributed by atoms with Crippen molar-refractivity contribution in [2.75, 3.05) is 0 Å². The summed E-state index contributed by atoms with van der Waals surface area (Å²) in [6, 6.07) is 6.47. The van der Waals surface area contributed by atoms with Crippen molar-refractivity contribution < 1.29 is 27.3 Å². The van der Waals surface area contributed by atoms with Gasteiger partial charge in [-0.1, -0.05) is 29.8 Å². The highest BCUT2D eigenvalue weighted by Gasteiger charge is 2.60. The number of halogens is 3. The molecule has 0 amide bonds. The van der Waals surface area contributed by atoms with E-state index in [1.54, 1.807) is 39.8 Å². The average Bonchev–Trinajstić information content (AvgIpc) is 2.63. The van der Waals surface area contributed by atoms with Crippen molar-refractivity contribution in [2.24, 2.45) is 0 Å². The summed E-state index contributed by atoms with van der Waals surface area (Å²) in [6.45, 7) is 8.58. The molecule has 0 bridgehead atoms. The van der Waals surface area contributed by atoms with Crippen molar-refractivity contribution >= 4 is 12.9 Å². The van der Waals surface area contributed by atoms with Gasteiger partial charge in [-0.15, -0.1) is 0 Å². The van der Waals surface area contributed by atoms with E-state index in [1.165, 1.54) is 12.1 Å². The highest BCUT2D eigenvalue weighted by molar-refractivity contribution is 6.48. The van der Waals surface area contributed by atoms with Crippen LogP contribution in [-0.2, 0) is 9.31 Å². The predicted octanol–water partition coefficient (Wildman–Crippen LogP) is 4.59. The van der Waals surface area contributed by atoms with Crippen LogP contribution in [0.25, 0.3) is 0 Å². The van der Waals surface area contributed by atoms with Gasteiger partial charge in [-0.3, -0.25) is 4.79 Å². The molecular weight excluding hydrogens is 320 g/mol. The number of carbonyl (C=O) groups excluding carboxylic acids is 1. The zero-order valence-corrected chi connectivity index (χ0v) is 14.5. The summed E-state index contributed by atoms with van der Waals surface area (Å²) in [5, 5.41) is 0. The monoisotopic (exact) mass is 342 g/mol. The van der Waals surface area contributed by atoms with Gasteiger partial charge in [0.2, 0.25) is 0 Å². The SMILES string of the molecule is Cc1ccc(C(=O)CC(B2OC(C)(C)C(C)(C)O2)C(F)(F)F)cc1. The number of rotatable bonds is 4. The summed E-state index contributed by atoms with van der Waals surface area (Å²) in [4.78, 5) is 12.3. The Morgan fingerprint density at radius 2 is 1.54 bits per heavy atom. The maximum absolute atomic E-state index is 13.5. The minimum absolute atomic E-state index is 0.256. The van der Waals surface area contributed by atoms with Gasteiger partial charge in [-0.25, -0.2) is 0 Å². The quantitative estimate of drug-likeness (QED) is 0.593. The fraction of sp³-hybridized carbons (Fsp3) is 0.588. The maximum Gasteiger partial charge on any atom is 0.470 e. The van der Waals surface area contributed by atoms with Crippen molar-refractivity contribution in [3.63, 3.8) is 0 Å². The van der Waals surface area contributed by atoms with Crippen molar-refractivity contribution in [1.29, 1.82) is 0 Å². The molecule has 1 aliphatic heterocycles. The molecule has 0 radical (unpaired) electrons. The second kappa shape index (κ2) is 6.19. The van der Waals surface area contributed by atoms with Gasteiger partial charge in [0.1, 0.15) is 0 Å². The molecule has 1 aromatic carbocycles. The first-order chi connectivity index (χ1) is 10.8. The molecule has 1 heterocycles. The first-order valence-corrected chi connectivity index (χ1v) is 7.86. The summed E-state index contributed by atoms with van der Waals surface area (Å²) in [6.07, 6.45) is -5.30. The number of aryl methyl sites for hydroxylation is 1. The Bertz CT molecular complexity index is 593. The third kappa shape index (κ3) is 3.83. The summed E-state index contributed by atoms with van der Waals surface area (Å²) in [5.41, 5.74) is -0.571. The van der Waals surface area contributed by atoms with E-state index in [1.807, 2.05) is 6.92 Å². The molecule has 0 N–H and O–H groups in total. The van der Waals surface area contributed by atoms with Crippen LogP contribution in [0, 0.1) is 6.92 Å². The van der Waals surface area contributed by atoms with E-state index in [4.69, 9.17) is 9.31 Å². The second-order valence-electron chi connectivity index (χ2n) is 7.27. The molecule has 1 unspecified atom stereocenters. The van der Waals surface area contributed by atoms with Crippen LogP contribution in [0.15, 0.2) is 24.3 Å². The lowest BCUT2D eigenvalue weighted by atomic mass is 9.68. The van der Waals surface area contributed by atoms with Gasteiger partial charge in [0.05, 0.1) is 17.0 Å². The number of hydrogen-bond donors (Lipinski definition) is 0. The molecule has 132 valence electrons. The lowest BCUT2D eigenvalue weighted by Crippen LogP contribution is -2.41. The number of alkyl halides is 3. The van der Waals surface area contributed by atoms with E-state index in [0.29, 0.717) is 0 Å². The largest absolute Gasteiger partial charge is 0.470 e. The number of carbonyl (C=O) groups is 1. The topological polar surface area (TPSA) is 35.5 Å². The first kappa shape index (κ1) is 19.0. The number of benzene rings is 1. The Balaban J connectivity index is 2.22. The van der Waals surface area contributed by atoms with Gasteiger partial charge in [0.25, 0.3) is 0 Å². The maximum atomic E-state index is 13.5. The molecule has 2 rings (SSSR count). The van der Waals surface area contributed by atoms with Gasteiger partial charge in [-0.05, 0) is 34.6 Å². The first-order valence-electron chi connectivity index (χ1n) is 7.86. The van der Waals surface area contributed by atoms with Gasteiger partial charge in [0.15, 0.2) is 5.78 Å². The molecular formula is C17H22BF3O3. The summed E-state index contributed by atoms with van der Waals surface area (Å²) >= 11 is 0. The smallest absolute Gasteiger partial charge is 0.403 e. The second-order valence-corrected chi connectivity index (χ2v) is 7.27. The average molecular weight is 342 g/mol. The van der Waals surface area contributed by atoms with E-state index in [-0.39, 0.29) is 5.56 Å². The van der Waals surface area contributed by atoms with Crippen LogP contribution < -0.4 is 0 Å². The molecule has 1 aliphatic rings. The number of hydrogen-bond acceptors (Lipinski definition) is 3. The van der Waals surface area contributed by atoms with E-state index >= 15 is 0 Å². The lowest BCUT2D eigenvalue weighted by Gasteiger charge is -2.32. The van der Waals surface area contributed by atoms with Gasteiger partial charge in [0, 0.05) is 12.0 Å². The molecule has 0 saturated carbocycles. The van der Waals surface area contributed by atoms with Gasteiger partial charge in [-0.2, -0.15) is 13.2 Å². The van der Waals surface area contributed by atoms with Gasteiger partial charge >= 0.3 is 13.3 Å². The molecule has 7 heteroatoms. The van der Waals surface area contributed by atoms with Gasteiger partial charge < -0.3 is 9.31 Å². The minimum atomic E-state index is -4.60. The number of ketones is 1. The zero-order valence-electron chi connectivity index (χ0n) is 14.5. The van der Waals surface area contributed by atoms with Crippen molar-refractivity contribution in [3.8, 4) is 0 Å². The number of Topliss-reactive ketones (excluding diaryl/α,β-unsaturated/α-hetero) is 1. The lowest BCUT2D eigenvalue weighted by molar-refractivity contribution is -0.138. The van der Waals surface area contributed by atoms with Crippen LogP contribution >= 0.6 is 0 Å². The standard InChI is InChI=1S/C17H22BF3O3/c1-11-6-8-12(9-7-11)13(22)10-14(17(19,20)21)18-23-15(2,3)16(4,5)24-18/h6-9,14H,10H2,1-5H3. The predicted molar refractivity (Wildman–Crippen MR) is 86.0 cm³/mol. The van der Waals surface area contributed by atoms with Crippen molar-refractivity contribution in [2.45, 2.75) is 64.2 Å². The summed E-state index contributed by atoms with van der Waals surface area (Å²) in [5.74, 6) is -2.58. The molecule has 0 aliphatic carbocycles. The van der Waals surface area contributed by atoms with Crippen LogP contribution in [0.3, 0.4) is 0 Å². The van der Waals surface area contributed by atoms with E-state index < -0.39 is 42.5 Å². The Kier molecular flexibility index (Phi) is 4.90. The Labute approximate surface area is 140 Å². The molecule has 0 aromatic heterocycles.